The van der Waals surface area contributed by atoms with Crippen LogP contribution in [0.3, 0.4) is 0 Å². The first kappa shape index (κ1) is 17.3. The second kappa shape index (κ2) is 8.54. The molecule has 0 fully saturated rings. The fourth-order valence-electron chi connectivity index (χ4n) is 2.93. The van der Waals surface area contributed by atoms with Crippen molar-refractivity contribution in [3.63, 3.8) is 0 Å². The van der Waals surface area contributed by atoms with Crippen LogP contribution in [-0.2, 0) is 6.54 Å². The van der Waals surface area contributed by atoms with E-state index in [1.165, 1.54) is 16.7 Å². The number of methoxy groups -OCH3 is 2. The average molecular weight is 335 g/mol. The zero-order chi connectivity index (χ0) is 17.5. The molecule has 0 aromatic heterocycles. The monoisotopic (exact) mass is 335 g/mol. The van der Waals surface area contributed by atoms with Crippen molar-refractivity contribution in [3.05, 3.63) is 77.4 Å². The number of rotatable bonds is 6. The SMILES string of the molecule is COc1ccc(/C=C/C2=CCN(Cc3ccc(OC)cc3)CC2)cc1. The van der Waals surface area contributed by atoms with Crippen molar-refractivity contribution in [1.82, 2.24) is 4.90 Å². The Bertz CT molecular complexity index is 730. The summed E-state index contributed by atoms with van der Waals surface area (Å²) in [7, 11) is 3.39. The lowest BCUT2D eigenvalue weighted by molar-refractivity contribution is 0.287. The third kappa shape index (κ3) is 4.97. The molecule has 0 amide bonds. The van der Waals surface area contributed by atoms with E-state index >= 15 is 0 Å². The molecule has 0 bridgehead atoms. The van der Waals surface area contributed by atoms with Crippen LogP contribution in [-0.4, -0.2) is 32.2 Å². The molecule has 0 aliphatic carbocycles. The molecule has 0 unspecified atom stereocenters. The molecule has 0 saturated carbocycles. The maximum atomic E-state index is 5.21. The van der Waals surface area contributed by atoms with Gasteiger partial charge < -0.3 is 9.47 Å². The van der Waals surface area contributed by atoms with Crippen molar-refractivity contribution in [2.45, 2.75) is 13.0 Å². The highest BCUT2D eigenvalue weighted by atomic mass is 16.5. The van der Waals surface area contributed by atoms with Gasteiger partial charge in [-0.25, -0.2) is 0 Å². The summed E-state index contributed by atoms with van der Waals surface area (Å²) in [6.07, 6.45) is 7.81. The van der Waals surface area contributed by atoms with Crippen molar-refractivity contribution in [3.8, 4) is 11.5 Å². The first-order valence-electron chi connectivity index (χ1n) is 8.63. The summed E-state index contributed by atoms with van der Waals surface area (Å²) in [6, 6.07) is 16.5. The Kier molecular flexibility index (Phi) is 5.91. The highest BCUT2D eigenvalue weighted by Crippen LogP contribution is 2.18. The van der Waals surface area contributed by atoms with Crippen LogP contribution in [0, 0.1) is 0 Å². The van der Waals surface area contributed by atoms with Gasteiger partial charge in [-0.15, -0.1) is 0 Å². The standard InChI is InChI=1S/C22H25NO2/c1-24-21-9-5-18(6-10-21)3-4-19-13-15-23(16-14-19)17-20-7-11-22(25-2)12-8-20/h3-13H,14-17H2,1-2H3/b4-3+. The van der Waals surface area contributed by atoms with Crippen LogP contribution in [0.15, 0.2) is 66.3 Å². The van der Waals surface area contributed by atoms with Crippen LogP contribution >= 0.6 is 0 Å². The number of hydrogen-bond acceptors (Lipinski definition) is 3. The molecule has 3 heteroatoms. The van der Waals surface area contributed by atoms with Crippen LogP contribution in [0.1, 0.15) is 17.5 Å². The normalized spacial score (nSPS) is 15.2. The zero-order valence-electron chi connectivity index (χ0n) is 14.9. The fraction of sp³-hybridized carbons (Fsp3) is 0.273. The summed E-state index contributed by atoms with van der Waals surface area (Å²) in [6.45, 7) is 3.06. The third-order valence-corrected chi connectivity index (χ3v) is 4.50. The van der Waals surface area contributed by atoms with Crippen LogP contribution < -0.4 is 9.47 Å². The maximum absolute atomic E-state index is 5.21. The van der Waals surface area contributed by atoms with E-state index in [4.69, 9.17) is 9.47 Å². The smallest absolute Gasteiger partial charge is 0.118 e. The molecule has 2 aromatic carbocycles. The molecule has 0 saturated heterocycles. The maximum Gasteiger partial charge on any atom is 0.118 e. The predicted octanol–water partition coefficient (Wildman–Crippen LogP) is 4.55. The fourth-order valence-corrected chi connectivity index (χ4v) is 2.93. The predicted molar refractivity (Wildman–Crippen MR) is 103 cm³/mol. The lowest BCUT2D eigenvalue weighted by Gasteiger charge is -2.25. The van der Waals surface area contributed by atoms with Gasteiger partial charge in [-0.1, -0.05) is 42.5 Å². The molecule has 1 aliphatic rings. The molecule has 2 aromatic rings. The summed E-state index contributed by atoms with van der Waals surface area (Å²) < 4.78 is 10.4. The van der Waals surface area contributed by atoms with E-state index in [9.17, 15) is 0 Å². The van der Waals surface area contributed by atoms with Crippen LogP contribution in [0.2, 0.25) is 0 Å². The number of allylic oxidation sites excluding steroid dienone is 1. The third-order valence-electron chi connectivity index (χ3n) is 4.50. The van der Waals surface area contributed by atoms with Gasteiger partial charge in [-0.05, 0) is 47.4 Å². The number of nitrogens with zero attached hydrogens (tertiary/aromatic N) is 1. The lowest BCUT2D eigenvalue weighted by atomic mass is 10.1. The Labute approximate surface area is 150 Å². The van der Waals surface area contributed by atoms with E-state index in [0.29, 0.717) is 0 Å². The summed E-state index contributed by atoms with van der Waals surface area (Å²) in [5.41, 5.74) is 3.93. The van der Waals surface area contributed by atoms with Gasteiger partial charge in [0.2, 0.25) is 0 Å². The van der Waals surface area contributed by atoms with E-state index in [0.717, 1.165) is 37.6 Å². The van der Waals surface area contributed by atoms with Crippen molar-refractivity contribution in [1.29, 1.82) is 0 Å². The van der Waals surface area contributed by atoms with Gasteiger partial charge in [0, 0.05) is 19.6 Å². The van der Waals surface area contributed by atoms with Crippen molar-refractivity contribution in [2.75, 3.05) is 27.3 Å². The second-order valence-corrected chi connectivity index (χ2v) is 6.22. The lowest BCUT2D eigenvalue weighted by Crippen LogP contribution is -2.27. The number of hydrogen-bond donors (Lipinski definition) is 0. The van der Waals surface area contributed by atoms with Crippen molar-refractivity contribution in [2.24, 2.45) is 0 Å². The zero-order valence-corrected chi connectivity index (χ0v) is 14.9. The van der Waals surface area contributed by atoms with Gasteiger partial charge in [-0.3, -0.25) is 4.90 Å². The van der Waals surface area contributed by atoms with Gasteiger partial charge in [0.1, 0.15) is 11.5 Å². The Morgan fingerprint density at radius 1 is 0.880 bits per heavy atom. The first-order valence-corrected chi connectivity index (χ1v) is 8.63. The van der Waals surface area contributed by atoms with Crippen LogP contribution in [0.25, 0.3) is 6.08 Å². The van der Waals surface area contributed by atoms with E-state index < -0.39 is 0 Å². The molecule has 130 valence electrons. The van der Waals surface area contributed by atoms with Crippen LogP contribution in [0.5, 0.6) is 11.5 Å². The molecule has 1 aliphatic heterocycles. The Balaban J connectivity index is 1.53. The molecule has 3 nitrogen and oxygen atoms in total. The molecule has 1 heterocycles. The minimum absolute atomic E-state index is 0.892. The molecule has 3 rings (SSSR count). The van der Waals surface area contributed by atoms with Gasteiger partial charge >= 0.3 is 0 Å². The quantitative estimate of drug-likeness (QED) is 0.773. The molecule has 0 radical (unpaired) electrons. The molecular weight excluding hydrogens is 310 g/mol. The van der Waals surface area contributed by atoms with Crippen molar-refractivity contribution < 1.29 is 9.47 Å². The van der Waals surface area contributed by atoms with Crippen LogP contribution in [0.4, 0.5) is 0 Å². The van der Waals surface area contributed by atoms with E-state index in [1.54, 1.807) is 14.2 Å². The van der Waals surface area contributed by atoms with E-state index in [1.807, 2.05) is 24.3 Å². The topological polar surface area (TPSA) is 21.7 Å². The van der Waals surface area contributed by atoms with E-state index in [2.05, 4.69) is 47.4 Å². The Hall–Kier alpha value is -2.52. The second-order valence-electron chi connectivity index (χ2n) is 6.22. The van der Waals surface area contributed by atoms with Gasteiger partial charge in [0.05, 0.1) is 14.2 Å². The molecular formula is C22H25NO2. The summed E-state index contributed by atoms with van der Waals surface area (Å²) in [5.74, 6) is 1.80. The number of benzene rings is 2. The van der Waals surface area contributed by atoms with E-state index in [-0.39, 0.29) is 0 Å². The summed E-state index contributed by atoms with van der Waals surface area (Å²) in [4.78, 5) is 2.46. The molecule has 0 N–H and O–H groups in total. The molecule has 0 spiro atoms. The Morgan fingerprint density at radius 2 is 1.52 bits per heavy atom. The highest BCUT2D eigenvalue weighted by molar-refractivity contribution is 5.54. The van der Waals surface area contributed by atoms with Gasteiger partial charge in [0.25, 0.3) is 0 Å². The van der Waals surface area contributed by atoms with Gasteiger partial charge in [-0.2, -0.15) is 0 Å². The molecule has 25 heavy (non-hydrogen) atoms. The Morgan fingerprint density at radius 3 is 2.08 bits per heavy atom. The average Bonchev–Trinajstić information content (AvgIpc) is 2.68. The minimum Gasteiger partial charge on any atom is -0.497 e. The van der Waals surface area contributed by atoms with Gasteiger partial charge in [0.15, 0.2) is 0 Å². The minimum atomic E-state index is 0.892. The first-order chi connectivity index (χ1) is 12.3. The number of ether oxygens (including phenoxy) is 2. The largest absolute Gasteiger partial charge is 0.497 e. The highest BCUT2D eigenvalue weighted by Gasteiger charge is 2.10. The molecule has 0 atom stereocenters. The van der Waals surface area contributed by atoms with Crippen molar-refractivity contribution >= 4 is 6.08 Å². The summed E-state index contributed by atoms with van der Waals surface area (Å²) >= 11 is 0. The summed E-state index contributed by atoms with van der Waals surface area (Å²) in [5, 5.41) is 0.